The van der Waals surface area contributed by atoms with Crippen LogP contribution in [0.15, 0.2) is 218 Å². The van der Waals surface area contributed by atoms with Crippen molar-refractivity contribution < 1.29 is 0 Å². The van der Waals surface area contributed by atoms with E-state index in [1.165, 1.54) is 137 Å². The summed E-state index contributed by atoms with van der Waals surface area (Å²) >= 11 is 1.98. The molecule has 0 fully saturated rings. The zero-order valence-corrected chi connectivity index (χ0v) is 45.2. The lowest BCUT2D eigenvalue weighted by Gasteiger charge is -2.44. The van der Waals surface area contributed by atoms with E-state index in [1.54, 1.807) is 0 Å². The Hall–Kier alpha value is -8.18. The molecule has 2 aliphatic rings. The van der Waals surface area contributed by atoms with Gasteiger partial charge in [0.1, 0.15) is 0 Å². The molecule has 0 amide bonds. The second-order valence-electron chi connectivity index (χ2n) is 23.2. The van der Waals surface area contributed by atoms with Crippen molar-refractivity contribution in [3.8, 4) is 33.4 Å². The van der Waals surface area contributed by atoms with Crippen LogP contribution in [-0.4, -0.2) is 6.71 Å². The normalized spacial score (nSPS) is 13.2. The first-order chi connectivity index (χ1) is 36.9. The van der Waals surface area contributed by atoms with Crippen molar-refractivity contribution in [2.75, 3.05) is 9.80 Å². The number of hydrogen-bond acceptors (Lipinski definition) is 3. The summed E-state index contributed by atoms with van der Waals surface area (Å²) in [6, 6.07) is 83.2. The van der Waals surface area contributed by atoms with Crippen LogP contribution in [0.1, 0.15) is 65.2 Å². The molecule has 2 nitrogen and oxygen atoms in total. The maximum atomic E-state index is 2.64. The molecule has 0 saturated carbocycles. The summed E-state index contributed by atoms with van der Waals surface area (Å²) in [5, 5.41) is 9.01. The van der Waals surface area contributed by atoms with Gasteiger partial charge in [0.2, 0.25) is 0 Å². The van der Waals surface area contributed by atoms with Crippen LogP contribution in [0, 0.1) is 0 Å². The zero-order chi connectivity index (χ0) is 51.6. The molecule has 0 N–H and O–H groups in total. The summed E-state index contributed by atoms with van der Waals surface area (Å²) in [5.74, 6) is 0. The quantitative estimate of drug-likeness (QED) is 0.121. The molecule has 0 unspecified atom stereocenters. The molecule has 2 aliphatic heterocycles. The van der Waals surface area contributed by atoms with E-state index in [2.05, 4.69) is 277 Å². The Morgan fingerprint density at radius 2 is 0.947 bits per heavy atom. The van der Waals surface area contributed by atoms with E-state index in [-0.39, 0.29) is 17.5 Å². The third-order valence-corrected chi connectivity index (χ3v) is 17.7. The number of hydrogen-bond donors (Lipinski definition) is 0. The Morgan fingerprint density at radius 1 is 0.395 bits per heavy atom. The highest BCUT2D eigenvalue weighted by atomic mass is 32.1. The molecule has 0 spiro atoms. The van der Waals surface area contributed by atoms with Crippen molar-refractivity contribution in [2.45, 2.75) is 65.7 Å². The van der Waals surface area contributed by atoms with Gasteiger partial charge in [0.15, 0.2) is 0 Å². The Labute approximate surface area is 451 Å². The van der Waals surface area contributed by atoms with E-state index in [0.717, 1.165) is 12.1 Å². The molecule has 0 saturated heterocycles. The molecule has 1 aromatic heterocycles. The summed E-state index contributed by atoms with van der Waals surface area (Å²) in [7, 11) is 0. The first-order valence-electron chi connectivity index (χ1n) is 27.1. The topological polar surface area (TPSA) is 6.48 Å². The molecule has 0 aliphatic carbocycles. The summed E-state index contributed by atoms with van der Waals surface area (Å²) in [6.45, 7) is 16.3. The first kappa shape index (κ1) is 46.4. The predicted molar refractivity (Wildman–Crippen MR) is 331 cm³/mol. The van der Waals surface area contributed by atoms with Gasteiger partial charge in [0.05, 0.1) is 11.4 Å². The van der Waals surface area contributed by atoms with E-state index in [1.807, 2.05) is 11.3 Å². The van der Waals surface area contributed by atoms with Crippen LogP contribution >= 0.6 is 11.3 Å². The number of aryl methyl sites for hydroxylation is 1. The van der Waals surface area contributed by atoms with Gasteiger partial charge in [-0.2, -0.15) is 0 Å². The zero-order valence-electron chi connectivity index (χ0n) is 44.4. The highest BCUT2D eigenvalue weighted by Crippen LogP contribution is 2.51. The van der Waals surface area contributed by atoms with Crippen LogP contribution < -0.4 is 25.5 Å². The van der Waals surface area contributed by atoms with Gasteiger partial charge in [-0.3, -0.25) is 0 Å². The van der Waals surface area contributed by atoms with Gasteiger partial charge in [-0.15, -0.1) is 11.3 Å². The van der Waals surface area contributed by atoms with Gasteiger partial charge < -0.3 is 9.80 Å². The fourth-order valence-corrected chi connectivity index (χ4v) is 13.8. The Morgan fingerprint density at radius 3 is 1.57 bits per heavy atom. The highest BCUT2D eigenvalue weighted by Gasteiger charge is 2.46. The SMILES string of the molecule is CCc1ccc2c(c1)B1c3sc4ccc(C(C)(C)C)cc4c3N(c3cc(-c4ccccc4)cc(-c4ccccc4)c3)c3cccc(c31)N2c1ccc(C(C)(C)C)cc1-c1ccc2c3ccccc3c3ccccc3c2c1. The number of fused-ring (bicyclic) bond motifs is 12. The van der Waals surface area contributed by atoms with Crippen molar-refractivity contribution >= 4 is 110 Å². The van der Waals surface area contributed by atoms with Crippen LogP contribution in [0.5, 0.6) is 0 Å². The van der Waals surface area contributed by atoms with Gasteiger partial charge in [-0.25, -0.2) is 0 Å². The van der Waals surface area contributed by atoms with Gasteiger partial charge >= 0.3 is 0 Å². The molecule has 4 heteroatoms. The van der Waals surface area contributed by atoms with E-state index in [4.69, 9.17) is 0 Å². The van der Waals surface area contributed by atoms with Crippen LogP contribution in [0.4, 0.5) is 34.1 Å². The molecule has 366 valence electrons. The number of rotatable bonds is 6. The summed E-state index contributed by atoms with van der Waals surface area (Å²) in [5.41, 5.74) is 21.1. The van der Waals surface area contributed by atoms with E-state index < -0.39 is 0 Å². The maximum Gasteiger partial charge on any atom is 0.264 e. The molecular formula is C72H59BN2S. The Bertz CT molecular complexity index is 4210. The molecule has 0 radical (unpaired) electrons. The average Bonchev–Trinajstić information content (AvgIpc) is 3.85. The number of anilines is 6. The van der Waals surface area contributed by atoms with Gasteiger partial charge in [-0.05, 0) is 172 Å². The smallest absolute Gasteiger partial charge is 0.264 e. The first-order valence-corrected chi connectivity index (χ1v) is 27.9. The van der Waals surface area contributed by atoms with E-state index in [9.17, 15) is 0 Å². The van der Waals surface area contributed by atoms with Gasteiger partial charge in [-0.1, -0.05) is 200 Å². The fourth-order valence-electron chi connectivity index (χ4n) is 12.5. The number of benzene rings is 11. The van der Waals surface area contributed by atoms with Crippen LogP contribution in [0.2, 0.25) is 0 Å². The monoisotopic (exact) mass is 994 g/mol. The molecule has 11 aromatic carbocycles. The van der Waals surface area contributed by atoms with Crippen molar-refractivity contribution in [3.05, 3.63) is 235 Å². The largest absolute Gasteiger partial charge is 0.311 e. The van der Waals surface area contributed by atoms with E-state index >= 15 is 0 Å². The summed E-state index contributed by atoms with van der Waals surface area (Å²) in [4.78, 5) is 5.27. The third-order valence-electron chi connectivity index (χ3n) is 16.5. The Kier molecular flexibility index (Phi) is 10.6. The summed E-state index contributed by atoms with van der Waals surface area (Å²) in [6.07, 6.45) is 0.953. The van der Waals surface area contributed by atoms with Crippen LogP contribution in [0.3, 0.4) is 0 Å². The predicted octanol–water partition coefficient (Wildman–Crippen LogP) is 18.6. The highest BCUT2D eigenvalue weighted by molar-refractivity contribution is 7.33. The lowest BCUT2D eigenvalue weighted by Crippen LogP contribution is -2.60. The minimum atomic E-state index is -0.0717. The number of nitrogens with zero attached hydrogens (tertiary/aromatic N) is 2. The van der Waals surface area contributed by atoms with Crippen molar-refractivity contribution in [3.63, 3.8) is 0 Å². The van der Waals surface area contributed by atoms with E-state index in [0.29, 0.717) is 0 Å². The number of thiophene rings is 1. The maximum absolute atomic E-state index is 2.64. The average molecular weight is 995 g/mol. The molecule has 0 bridgehead atoms. The molecule has 12 aromatic rings. The molecular weight excluding hydrogens is 936 g/mol. The third kappa shape index (κ3) is 7.36. The van der Waals surface area contributed by atoms with Crippen LogP contribution in [-0.2, 0) is 17.3 Å². The summed E-state index contributed by atoms with van der Waals surface area (Å²) < 4.78 is 2.70. The Balaban J connectivity index is 1.07. The lowest BCUT2D eigenvalue weighted by atomic mass is 9.36. The second-order valence-corrected chi connectivity index (χ2v) is 24.3. The van der Waals surface area contributed by atoms with Crippen molar-refractivity contribution in [1.29, 1.82) is 0 Å². The minimum Gasteiger partial charge on any atom is -0.311 e. The van der Waals surface area contributed by atoms with Crippen LogP contribution in [0.25, 0.3) is 75.8 Å². The van der Waals surface area contributed by atoms with Crippen molar-refractivity contribution in [2.24, 2.45) is 0 Å². The lowest BCUT2D eigenvalue weighted by molar-refractivity contribution is 0.590. The molecule has 76 heavy (non-hydrogen) atoms. The standard InChI is InChI=1S/C72H59BN2S/c1-8-45-30-35-64-62(38-45)73-68-65(74(69-61-44-52(72(5,6)7)33-37-67(61)76-70(69)73)53-40-49(46-20-11-9-12-21-46)39-50(41-53)47-22-13-10-14-23-47)28-19-29-66(68)75(64)63-36-32-51(71(2,3)4)43-59(63)48-31-34-58-56-26-16-15-24-54(56)55-25-17-18-27-57(55)60(58)42-48/h9-44H,8H2,1-7H3. The fraction of sp³-hybridized carbons (Fsp3) is 0.139. The molecule has 3 heterocycles. The van der Waals surface area contributed by atoms with Crippen molar-refractivity contribution in [1.82, 2.24) is 0 Å². The second kappa shape index (κ2) is 17.4. The molecule has 0 atom stereocenters. The van der Waals surface area contributed by atoms with Gasteiger partial charge in [0, 0.05) is 43.2 Å². The minimum absolute atomic E-state index is 0.00852. The molecule has 14 rings (SSSR count). The van der Waals surface area contributed by atoms with Gasteiger partial charge in [0.25, 0.3) is 6.71 Å².